The molecule has 2 aliphatic heterocycles. The number of hydrogen-bond acceptors (Lipinski definition) is 6. The highest BCUT2D eigenvalue weighted by Gasteiger charge is 2.25. The number of aliphatic hydroxyl groups is 1. The monoisotopic (exact) mass is 305 g/mol. The molecule has 2 aliphatic rings. The van der Waals surface area contributed by atoms with Gasteiger partial charge < -0.3 is 20.6 Å². The molecule has 120 valence electrons. The van der Waals surface area contributed by atoms with Crippen LogP contribution in [-0.2, 0) is 0 Å². The zero-order valence-electron chi connectivity index (χ0n) is 12.7. The molecule has 7 heteroatoms. The topological polar surface area (TPSA) is 90.4 Å². The number of nitrogens with one attached hydrogen (secondary N) is 2. The number of aliphatic hydroxyl groups excluding tert-OH is 1. The number of rotatable bonds is 4. The van der Waals surface area contributed by atoms with E-state index in [4.69, 9.17) is 0 Å². The fourth-order valence-electron chi connectivity index (χ4n) is 2.96. The number of β-amino-alcohol motifs (C(OH)–C–C–N with tert-alkyl or cyclic N) is 1. The summed E-state index contributed by atoms with van der Waals surface area (Å²) in [6.07, 6.45) is 4.78. The smallest absolute Gasteiger partial charge is 0.270 e. The molecule has 0 saturated carbocycles. The summed E-state index contributed by atoms with van der Waals surface area (Å²) in [7, 11) is 0. The van der Waals surface area contributed by atoms with Gasteiger partial charge in [0.25, 0.3) is 5.91 Å². The molecular formula is C15H23N5O2. The Bertz CT molecular complexity index is 518. The molecule has 2 fully saturated rings. The number of piperidine rings is 1. The van der Waals surface area contributed by atoms with Crippen LogP contribution < -0.4 is 15.5 Å². The van der Waals surface area contributed by atoms with E-state index in [9.17, 15) is 9.90 Å². The van der Waals surface area contributed by atoms with Gasteiger partial charge in [-0.25, -0.2) is 9.97 Å². The van der Waals surface area contributed by atoms with Crippen molar-refractivity contribution in [3.8, 4) is 0 Å². The number of anilines is 1. The molecule has 3 N–H and O–H groups in total. The zero-order chi connectivity index (χ0) is 15.4. The van der Waals surface area contributed by atoms with Crippen molar-refractivity contribution in [2.24, 2.45) is 5.92 Å². The maximum Gasteiger partial charge on any atom is 0.270 e. The van der Waals surface area contributed by atoms with Crippen LogP contribution in [0.15, 0.2) is 12.3 Å². The summed E-state index contributed by atoms with van der Waals surface area (Å²) in [5.41, 5.74) is 0.385. The van der Waals surface area contributed by atoms with Gasteiger partial charge in [0, 0.05) is 44.8 Å². The van der Waals surface area contributed by atoms with Crippen molar-refractivity contribution in [1.29, 1.82) is 0 Å². The first-order valence-corrected chi connectivity index (χ1v) is 7.99. The maximum atomic E-state index is 12.2. The van der Waals surface area contributed by atoms with Crippen LogP contribution in [0.25, 0.3) is 0 Å². The van der Waals surface area contributed by atoms with Crippen LogP contribution in [0.3, 0.4) is 0 Å². The minimum absolute atomic E-state index is 0.0624. The first kappa shape index (κ1) is 15.2. The quantitative estimate of drug-likeness (QED) is 0.712. The van der Waals surface area contributed by atoms with Crippen molar-refractivity contribution < 1.29 is 9.90 Å². The summed E-state index contributed by atoms with van der Waals surface area (Å²) >= 11 is 0. The molecule has 1 aromatic rings. The van der Waals surface area contributed by atoms with Crippen molar-refractivity contribution >= 4 is 11.9 Å². The highest BCUT2D eigenvalue weighted by atomic mass is 16.3. The van der Waals surface area contributed by atoms with Gasteiger partial charge >= 0.3 is 0 Å². The van der Waals surface area contributed by atoms with Gasteiger partial charge in [0.1, 0.15) is 5.69 Å². The summed E-state index contributed by atoms with van der Waals surface area (Å²) in [6, 6.07) is 1.63. The second kappa shape index (κ2) is 7.02. The van der Waals surface area contributed by atoms with Gasteiger partial charge in [-0.2, -0.15) is 0 Å². The van der Waals surface area contributed by atoms with Gasteiger partial charge in [-0.05, 0) is 25.3 Å². The van der Waals surface area contributed by atoms with Crippen molar-refractivity contribution in [2.45, 2.75) is 25.4 Å². The van der Waals surface area contributed by atoms with Crippen LogP contribution in [0, 0.1) is 5.92 Å². The predicted octanol–water partition coefficient (Wildman–Crippen LogP) is -0.223. The third-order valence-corrected chi connectivity index (χ3v) is 4.34. The Morgan fingerprint density at radius 3 is 2.91 bits per heavy atom. The van der Waals surface area contributed by atoms with E-state index in [2.05, 4.69) is 25.5 Å². The highest BCUT2D eigenvalue weighted by Crippen LogP contribution is 2.15. The van der Waals surface area contributed by atoms with Crippen LogP contribution in [0.1, 0.15) is 29.8 Å². The average Bonchev–Trinajstić information content (AvgIpc) is 2.99. The van der Waals surface area contributed by atoms with E-state index in [1.807, 2.05) is 0 Å². The van der Waals surface area contributed by atoms with Crippen LogP contribution in [0.2, 0.25) is 0 Å². The Hall–Kier alpha value is -1.73. The lowest BCUT2D eigenvalue weighted by Gasteiger charge is -2.26. The minimum atomic E-state index is -0.394. The van der Waals surface area contributed by atoms with Crippen LogP contribution in [-0.4, -0.2) is 59.8 Å². The fraction of sp³-hybridized carbons (Fsp3) is 0.667. The van der Waals surface area contributed by atoms with Crippen molar-refractivity contribution in [2.75, 3.05) is 37.6 Å². The van der Waals surface area contributed by atoms with Gasteiger partial charge in [0.2, 0.25) is 5.95 Å². The molecular weight excluding hydrogens is 282 g/mol. The second-order valence-electron chi connectivity index (χ2n) is 5.99. The molecule has 2 saturated heterocycles. The van der Waals surface area contributed by atoms with Gasteiger partial charge in [0.15, 0.2) is 0 Å². The molecule has 0 radical (unpaired) electrons. The maximum absolute atomic E-state index is 12.2. The van der Waals surface area contributed by atoms with E-state index < -0.39 is 6.10 Å². The average molecular weight is 305 g/mol. The Labute approximate surface area is 130 Å². The number of nitrogens with zero attached hydrogens (tertiary/aromatic N) is 3. The fourth-order valence-corrected chi connectivity index (χ4v) is 2.96. The molecule has 1 amide bonds. The Morgan fingerprint density at radius 2 is 2.18 bits per heavy atom. The SMILES string of the molecule is O=C(NCC1CNCC1O)c1ccnc(N2CCCCC2)n1. The van der Waals surface area contributed by atoms with Gasteiger partial charge in [0.05, 0.1) is 6.10 Å². The lowest BCUT2D eigenvalue weighted by molar-refractivity contribution is 0.0922. The number of carbonyl (C=O) groups excluding carboxylic acids is 1. The van der Waals surface area contributed by atoms with Crippen molar-refractivity contribution in [1.82, 2.24) is 20.6 Å². The summed E-state index contributed by atoms with van der Waals surface area (Å²) < 4.78 is 0. The van der Waals surface area contributed by atoms with Crippen LogP contribution in [0.5, 0.6) is 0 Å². The molecule has 1 aromatic heterocycles. The summed E-state index contributed by atoms with van der Waals surface area (Å²) in [5, 5.41) is 15.7. The predicted molar refractivity (Wildman–Crippen MR) is 82.8 cm³/mol. The zero-order valence-corrected chi connectivity index (χ0v) is 12.7. The standard InChI is InChI=1S/C15H23N5O2/c21-13-10-16-8-11(13)9-18-14(22)12-4-5-17-15(19-12)20-6-2-1-3-7-20/h4-5,11,13,16,21H,1-3,6-10H2,(H,18,22). The van der Waals surface area contributed by atoms with E-state index in [0.29, 0.717) is 24.7 Å². The molecule has 22 heavy (non-hydrogen) atoms. The molecule has 3 heterocycles. The van der Waals surface area contributed by atoms with Crippen molar-refractivity contribution in [3.63, 3.8) is 0 Å². The minimum Gasteiger partial charge on any atom is -0.391 e. The Kier molecular flexibility index (Phi) is 4.84. The van der Waals surface area contributed by atoms with Gasteiger partial charge in [-0.1, -0.05) is 0 Å². The Balaban J connectivity index is 1.59. The molecule has 2 unspecified atom stereocenters. The number of carbonyl (C=O) groups is 1. The van der Waals surface area contributed by atoms with E-state index in [-0.39, 0.29) is 11.8 Å². The highest BCUT2D eigenvalue weighted by molar-refractivity contribution is 5.92. The first-order valence-electron chi connectivity index (χ1n) is 7.99. The molecule has 0 bridgehead atoms. The summed E-state index contributed by atoms with van der Waals surface area (Å²) in [5.74, 6) is 0.488. The van der Waals surface area contributed by atoms with E-state index >= 15 is 0 Å². The molecule has 0 spiro atoms. The second-order valence-corrected chi connectivity index (χ2v) is 5.99. The van der Waals surface area contributed by atoms with Crippen LogP contribution in [0.4, 0.5) is 5.95 Å². The first-order chi connectivity index (χ1) is 10.7. The number of amides is 1. The van der Waals surface area contributed by atoms with Gasteiger partial charge in [-0.15, -0.1) is 0 Å². The number of aromatic nitrogens is 2. The van der Waals surface area contributed by atoms with E-state index in [1.165, 1.54) is 6.42 Å². The van der Waals surface area contributed by atoms with Crippen molar-refractivity contribution in [3.05, 3.63) is 18.0 Å². The lowest BCUT2D eigenvalue weighted by Crippen LogP contribution is -2.35. The Morgan fingerprint density at radius 1 is 1.36 bits per heavy atom. The lowest BCUT2D eigenvalue weighted by atomic mass is 10.1. The normalized spacial score (nSPS) is 25.2. The van der Waals surface area contributed by atoms with Gasteiger partial charge in [-0.3, -0.25) is 4.79 Å². The molecule has 0 aliphatic carbocycles. The molecule has 7 nitrogen and oxygen atoms in total. The molecule has 2 atom stereocenters. The number of hydrogen-bond donors (Lipinski definition) is 3. The largest absolute Gasteiger partial charge is 0.391 e. The molecule has 3 rings (SSSR count). The third-order valence-electron chi connectivity index (χ3n) is 4.34. The third kappa shape index (κ3) is 3.53. The van der Waals surface area contributed by atoms with E-state index in [1.54, 1.807) is 12.3 Å². The summed E-state index contributed by atoms with van der Waals surface area (Å²) in [6.45, 7) is 3.67. The van der Waals surface area contributed by atoms with E-state index in [0.717, 1.165) is 32.5 Å². The molecule has 0 aromatic carbocycles. The van der Waals surface area contributed by atoms with Crippen LogP contribution >= 0.6 is 0 Å². The summed E-state index contributed by atoms with van der Waals surface area (Å²) in [4.78, 5) is 23.0.